The van der Waals surface area contributed by atoms with Crippen LogP contribution >= 0.6 is 0 Å². The molecule has 0 saturated carbocycles. The molecule has 0 unspecified atom stereocenters. The molecule has 1 N–H and O–H groups in total. The van der Waals surface area contributed by atoms with E-state index in [1.807, 2.05) is 0 Å². The molecule has 0 atom stereocenters. The van der Waals surface area contributed by atoms with Gasteiger partial charge in [-0.15, -0.1) is 0 Å². The lowest BCUT2D eigenvalue weighted by Gasteiger charge is -2.15. The van der Waals surface area contributed by atoms with E-state index in [-0.39, 0.29) is 24.4 Å². The van der Waals surface area contributed by atoms with E-state index in [2.05, 4.69) is 9.82 Å². The summed E-state index contributed by atoms with van der Waals surface area (Å²) >= 11 is 0. The molecule has 9 heteroatoms. The SMILES string of the molecule is CCCS(=O)(=O)NCCn1nc(C(F)(F)F)c2c1CCCC2. The van der Waals surface area contributed by atoms with Gasteiger partial charge in [-0.25, -0.2) is 13.1 Å². The lowest BCUT2D eigenvalue weighted by molar-refractivity contribution is -0.142. The summed E-state index contributed by atoms with van der Waals surface area (Å²) < 4.78 is 65.9. The Bertz CT molecular complexity index is 623. The summed E-state index contributed by atoms with van der Waals surface area (Å²) in [4.78, 5) is 0. The van der Waals surface area contributed by atoms with Crippen molar-refractivity contribution in [3.05, 3.63) is 17.0 Å². The minimum absolute atomic E-state index is 0.0119. The predicted molar refractivity (Wildman–Crippen MR) is 76.0 cm³/mol. The van der Waals surface area contributed by atoms with Gasteiger partial charge < -0.3 is 0 Å². The fourth-order valence-electron chi connectivity index (χ4n) is 2.73. The van der Waals surface area contributed by atoms with Crippen molar-refractivity contribution in [1.29, 1.82) is 0 Å². The van der Waals surface area contributed by atoms with E-state index >= 15 is 0 Å². The van der Waals surface area contributed by atoms with Crippen LogP contribution in [0.1, 0.15) is 43.1 Å². The molecule has 126 valence electrons. The first kappa shape index (κ1) is 17.3. The molecule has 1 aliphatic rings. The largest absolute Gasteiger partial charge is 0.435 e. The predicted octanol–water partition coefficient (Wildman–Crippen LogP) is 2.11. The van der Waals surface area contributed by atoms with E-state index in [4.69, 9.17) is 0 Å². The number of rotatable bonds is 6. The van der Waals surface area contributed by atoms with Gasteiger partial charge in [-0.1, -0.05) is 6.92 Å². The maximum Gasteiger partial charge on any atom is 0.435 e. The van der Waals surface area contributed by atoms with Gasteiger partial charge in [-0.05, 0) is 32.1 Å². The molecule has 0 amide bonds. The smallest absolute Gasteiger partial charge is 0.267 e. The van der Waals surface area contributed by atoms with Crippen LogP contribution in [0.15, 0.2) is 0 Å². The van der Waals surface area contributed by atoms with Crippen LogP contribution in [0.25, 0.3) is 0 Å². The van der Waals surface area contributed by atoms with Crippen molar-refractivity contribution in [1.82, 2.24) is 14.5 Å². The normalized spacial score (nSPS) is 15.8. The van der Waals surface area contributed by atoms with E-state index in [0.717, 1.165) is 12.8 Å². The van der Waals surface area contributed by atoms with Gasteiger partial charge in [0.1, 0.15) is 0 Å². The standard InChI is InChI=1S/C13H20F3N3O2S/c1-2-9-22(20,21)17-7-8-19-11-6-4-3-5-10(11)12(18-19)13(14,15)16/h17H,2-9H2,1H3. The fraction of sp³-hybridized carbons (Fsp3) is 0.769. The van der Waals surface area contributed by atoms with Gasteiger partial charge in [-0.3, -0.25) is 4.68 Å². The highest BCUT2D eigenvalue weighted by Crippen LogP contribution is 2.35. The molecule has 0 aliphatic heterocycles. The molecule has 0 fully saturated rings. The fourth-order valence-corrected chi connectivity index (χ4v) is 3.82. The molecule has 1 aromatic heterocycles. The Labute approximate surface area is 127 Å². The maximum atomic E-state index is 13.0. The molecule has 0 saturated heterocycles. The van der Waals surface area contributed by atoms with Crippen molar-refractivity contribution in [3.63, 3.8) is 0 Å². The topological polar surface area (TPSA) is 64.0 Å². The summed E-state index contributed by atoms with van der Waals surface area (Å²) in [6.07, 6.45) is -1.48. The highest BCUT2D eigenvalue weighted by atomic mass is 32.2. The van der Waals surface area contributed by atoms with Crippen molar-refractivity contribution in [2.24, 2.45) is 0 Å². The Kier molecular flexibility index (Phi) is 5.16. The second kappa shape index (κ2) is 6.57. The molecular formula is C13H20F3N3O2S. The maximum absolute atomic E-state index is 13.0. The monoisotopic (exact) mass is 339 g/mol. The summed E-state index contributed by atoms with van der Waals surface area (Å²) in [5.41, 5.74) is 0.0436. The van der Waals surface area contributed by atoms with Crippen molar-refractivity contribution in [3.8, 4) is 0 Å². The Morgan fingerprint density at radius 3 is 2.59 bits per heavy atom. The van der Waals surface area contributed by atoms with Crippen LogP contribution < -0.4 is 4.72 Å². The summed E-state index contributed by atoms with van der Waals surface area (Å²) in [5.74, 6) is 0.0119. The Balaban J connectivity index is 2.13. The summed E-state index contributed by atoms with van der Waals surface area (Å²) in [6, 6.07) is 0. The Hall–Kier alpha value is -1.09. The van der Waals surface area contributed by atoms with Crippen LogP contribution in [0.3, 0.4) is 0 Å². The first-order valence-electron chi connectivity index (χ1n) is 7.37. The summed E-state index contributed by atoms with van der Waals surface area (Å²) in [6.45, 7) is 1.91. The minimum atomic E-state index is -4.46. The second-order valence-electron chi connectivity index (χ2n) is 5.42. The molecule has 1 heterocycles. The Morgan fingerprint density at radius 2 is 1.95 bits per heavy atom. The molecular weight excluding hydrogens is 319 g/mol. The number of fused-ring (bicyclic) bond motifs is 1. The number of aromatic nitrogens is 2. The average Bonchev–Trinajstić information content (AvgIpc) is 2.78. The summed E-state index contributed by atoms with van der Waals surface area (Å²) in [5, 5.41) is 3.69. The number of nitrogens with zero attached hydrogens (tertiary/aromatic N) is 2. The molecule has 0 aromatic carbocycles. The third-order valence-corrected chi connectivity index (χ3v) is 5.23. The van der Waals surface area contributed by atoms with Crippen molar-refractivity contribution >= 4 is 10.0 Å². The highest BCUT2D eigenvalue weighted by molar-refractivity contribution is 7.89. The molecule has 1 aliphatic carbocycles. The number of alkyl halides is 3. The van der Waals surface area contributed by atoms with E-state index in [1.165, 1.54) is 4.68 Å². The zero-order chi connectivity index (χ0) is 16.4. The van der Waals surface area contributed by atoms with E-state index in [1.54, 1.807) is 6.92 Å². The van der Waals surface area contributed by atoms with Crippen LogP contribution in [0.4, 0.5) is 13.2 Å². The lowest BCUT2D eigenvalue weighted by atomic mass is 9.95. The van der Waals surface area contributed by atoms with Crippen molar-refractivity contribution in [2.75, 3.05) is 12.3 Å². The minimum Gasteiger partial charge on any atom is -0.267 e. The molecule has 5 nitrogen and oxygen atoms in total. The second-order valence-corrected chi connectivity index (χ2v) is 7.34. The number of hydrogen-bond donors (Lipinski definition) is 1. The summed E-state index contributed by atoms with van der Waals surface area (Å²) in [7, 11) is -3.36. The van der Waals surface area contributed by atoms with Gasteiger partial charge in [0.2, 0.25) is 10.0 Å². The van der Waals surface area contributed by atoms with E-state index in [9.17, 15) is 21.6 Å². The third kappa shape index (κ3) is 4.01. The average molecular weight is 339 g/mol. The zero-order valence-electron chi connectivity index (χ0n) is 12.4. The number of halogens is 3. The lowest BCUT2D eigenvalue weighted by Crippen LogP contribution is -2.30. The van der Waals surface area contributed by atoms with Crippen LogP contribution in [0.2, 0.25) is 0 Å². The number of hydrogen-bond acceptors (Lipinski definition) is 3. The van der Waals surface area contributed by atoms with Gasteiger partial charge in [0, 0.05) is 17.8 Å². The van der Waals surface area contributed by atoms with Gasteiger partial charge in [0.15, 0.2) is 5.69 Å². The van der Waals surface area contributed by atoms with Gasteiger partial charge in [0.25, 0.3) is 0 Å². The Morgan fingerprint density at radius 1 is 1.27 bits per heavy atom. The molecule has 22 heavy (non-hydrogen) atoms. The first-order valence-corrected chi connectivity index (χ1v) is 9.03. The van der Waals surface area contributed by atoms with Crippen molar-refractivity contribution in [2.45, 2.75) is 51.7 Å². The van der Waals surface area contributed by atoms with E-state index < -0.39 is 21.9 Å². The highest BCUT2D eigenvalue weighted by Gasteiger charge is 2.39. The van der Waals surface area contributed by atoms with Gasteiger partial charge in [0.05, 0.1) is 12.3 Å². The van der Waals surface area contributed by atoms with Crippen LogP contribution in [-0.4, -0.2) is 30.5 Å². The number of nitrogens with one attached hydrogen (secondary N) is 1. The van der Waals surface area contributed by atoms with E-state index in [0.29, 0.717) is 25.0 Å². The van der Waals surface area contributed by atoms with Gasteiger partial charge >= 0.3 is 6.18 Å². The third-order valence-electron chi connectivity index (χ3n) is 3.64. The van der Waals surface area contributed by atoms with Crippen LogP contribution in [-0.2, 0) is 35.6 Å². The molecule has 2 rings (SSSR count). The van der Waals surface area contributed by atoms with Crippen molar-refractivity contribution < 1.29 is 21.6 Å². The van der Waals surface area contributed by atoms with Crippen LogP contribution in [0.5, 0.6) is 0 Å². The van der Waals surface area contributed by atoms with Gasteiger partial charge in [-0.2, -0.15) is 18.3 Å². The quantitative estimate of drug-likeness (QED) is 0.863. The molecule has 0 spiro atoms. The number of sulfonamides is 1. The first-order chi connectivity index (χ1) is 10.2. The van der Waals surface area contributed by atoms with Crippen LogP contribution in [0, 0.1) is 0 Å². The molecule has 0 radical (unpaired) electrons. The molecule has 1 aromatic rings. The zero-order valence-corrected chi connectivity index (χ0v) is 13.2. The molecule has 0 bridgehead atoms.